The quantitative estimate of drug-likeness (QED) is 0.566. The van der Waals surface area contributed by atoms with E-state index in [0.29, 0.717) is 27.3 Å². The number of rotatable bonds is 4. The minimum Gasteiger partial charge on any atom is -0.449 e. The Kier molecular flexibility index (Phi) is 5.94. The van der Waals surface area contributed by atoms with Crippen LogP contribution in [0.2, 0.25) is 0 Å². The minimum absolute atomic E-state index is 0.0214. The van der Waals surface area contributed by atoms with Gasteiger partial charge in [-0.2, -0.15) is 4.40 Å². The predicted octanol–water partition coefficient (Wildman–Crippen LogP) is 4.79. The maximum Gasteiger partial charge on any atom is 0.196 e. The zero-order valence-electron chi connectivity index (χ0n) is 15.9. The molecular weight excluding hydrogens is 354 g/mol. The van der Waals surface area contributed by atoms with Crippen molar-refractivity contribution in [2.75, 3.05) is 5.75 Å². The van der Waals surface area contributed by atoms with Crippen molar-refractivity contribution >= 4 is 39.4 Å². The van der Waals surface area contributed by atoms with Crippen LogP contribution in [0.5, 0.6) is 0 Å². The van der Waals surface area contributed by atoms with Crippen molar-refractivity contribution in [2.24, 2.45) is 4.40 Å². The average molecular weight is 380 g/mol. The lowest BCUT2D eigenvalue weighted by Crippen LogP contribution is -2.20. The van der Waals surface area contributed by atoms with Crippen molar-refractivity contribution in [3.05, 3.63) is 39.0 Å². The van der Waals surface area contributed by atoms with Crippen molar-refractivity contribution in [1.29, 1.82) is 0 Å². The second-order valence-electron chi connectivity index (χ2n) is 7.00. The third kappa shape index (κ3) is 4.23. The Morgan fingerprint density at radius 1 is 1.28 bits per heavy atom. The van der Waals surface area contributed by atoms with Crippen molar-refractivity contribution < 1.29 is 8.63 Å². The number of hydrogen-bond donors (Lipinski definition) is 0. The topological polar surface area (TPSA) is 59.6 Å². The molecule has 6 heteroatoms. The number of thioether (sulfide) groups is 1. The Bertz CT molecular complexity index is 921. The molecule has 0 aliphatic carbocycles. The number of aryl methyl sites for hydroxylation is 1. The number of hydrogen-bond acceptors (Lipinski definition) is 4. The number of benzene rings is 1. The van der Waals surface area contributed by atoms with Gasteiger partial charge in [0, 0.05) is 11.1 Å². The highest BCUT2D eigenvalue weighted by molar-refractivity contribution is 7.99. The van der Waals surface area contributed by atoms with Gasteiger partial charge in [-0.15, -0.1) is 0 Å². The van der Waals surface area contributed by atoms with Gasteiger partial charge in [-0.25, -0.2) is 4.21 Å². The van der Waals surface area contributed by atoms with Gasteiger partial charge in [-0.1, -0.05) is 18.7 Å². The fourth-order valence-electron chi connectivity index (χ4n) is 2.36. The van der Waals surface area contributed by atoms with E-state index in [1.54, 1.807) is 6.92 Å². The summed E-state index contributed by atoms with van der Waals surface area (Å²) in [6, 6.07) is 3.77. The fourth-order valence-corrected chi connectivity index (χ4v) is 3.70. The maximum atomic E-state index is 12.8. The van der Waals surface area contributed by atoms with Gasteiger partial charge in [0.15, 0.2) is 10.5 Å². The van der Waals surface area contributed by atoms with Crippen LogP contribution in [-0.4, -0.2) is 20.4 Å². The van der Waals surface area contributed by atoms with E-state index in [0.717, 1.165) is 16.9 Å². The second-order valence-corrected chi connectivity index (χ2v) is 10.1. The standard InChI is InChI=1S/C19H25NO3S2/c1-8-24-18-12(3)16(21)15-10-11(2)9-14(17(15)23-18)13(4)20-25(22)19(5,6)7/h9-10H,8H2,1-7H3/b20-13-. The molecule has 0 fully saturated rings. The molecule has 1 atom stereocenters. The van der Waals surface area contributed by atoms with E-state index in [1.165, 1.54) is 11.8 Å². The molecule has 0 saturated heterocycles. The van der Waals surface area contributed by atoms with Crippen LogP contribution >= 0.6 is 11.8 Å². The van der Waals surface area contributed by atoms with E-state index in [9.17, 15) is 9.00 Å². The Labute approximate surface area is 155 Å². The van der Waals surface area contributed by atoms with Crippen LogP contribution in [-0.2, 0) is 11.0 Å². The number of fused-ring (bicyclic) bond motifs is 1. The van der Waals surface area contributed by atoms with Crippen LogP contribution in [0.1, 0.15) is 51.3 Å². The zero-order chi connectivity index (χ0) is 18.9. The summed E-state index contributed by atoms with van der Waals surface area (Å²) in [6.07, 6.45) is 0. The van der Waals surface area contributed by atoms with Crippen molar-refractivity contribution in [3.8, 4) is 0 Å². The summed E-state index contributed by atoms with van der Waals surface area (Å²) in [5, 5.41) is 1.18. The Hall–Kier alpha value is -1.40. The summed E-state index contributed by atoms with van der Waals surface area (Å²) in [5.74, 6) is 0.817. The molecule has 0 spiro atoms. The van der Waals surface area contributed by atoms with Crippen molar-refractivity contribution in [2.45, 2.75) is 58.3 Å². The summed E-state index contributed by atoms with van der Waals surface area (Å²) in [7, 11) is -1.37. The molecule has 1 heterocycles. The lowest BCUT2D eigenvalue weighted by molar-refractivity contribution is 0.492. The van der Waals surface area contributed by atoms with Crippen molar-refractivity contribution in [3.63, 3.8) is 0 Å². The van der Waals surface area contributed by atoms with E-state index in [2.05, 4.69) is 4.40 Å². The largest absolute Gasteiger partial charge is 0.449 e. The average Bonchev–Trinajstić information content (AvgIpc) is 2.51. The Balaban J connectivity index is 2.78. The molecule has 0 aliphatic rings. The molecule has 1 aromatic heterocycles. The maximum absolute atomic E-state index is 12.8. The van der Waals surface area contributed by atoms with Crippen LogP contribution in [0.15, 0.2) is 30.8 Å². The van der Waals surface area contributed by atoms with E-state index in [4.69, 9.17) is 4.42 Å². The summed E-state index contributed by atoms with van der Waals surface area (Å²) in [4.78, 5) is 12.8. The first-order valence-corrected chi connectivity index (χ1v) is 10.3. The smallest absolute Gasteiger partial charge is 0.196 e. The highest BCUT2D eigenvalue weighted by atomic mass is 32.2. The first-order valence-electron chi connectivity index (χ1n) is 8.24. The molecule has 2 aromatic rings. The fraction of sp³-hybridized carbons (Fsp3) is 0.474. The van der Waals surface area contributed by atoms with Gasteiger partial charge >= 0.3 is 0 Å². The number of nitrogens with zero attached hydrogens (tertiary/aromatic N) is 1. The van der Waals surface area contributed by atoms with E-state index >= 15 is 0 Å². The second kappa shape index (κ2) is 7.46. The predicted molar refractivity (Wildman–Crippen MR) is 108 cm³/mol. The molecule has 25 heavy (non-hydrogen) atoms. The van der Waals surface area contributed by atoms with E-state index in [1.807, 2.05) is 53.7 Å². The minimum atomic E-state index is -1.37. The van der Waals surface area contributed by atoms with Crippen LogP contribution in [0.3, 0.4) is 0 Å². The van der Waals surface area contributed by atoms with E-state index in [-0.39, 0.29) is 5.43 Å². The molecule has 0 saturated carbocycles. The molecule has 0 radical (unpaired) electrons. The van der Waals surface area contributed by atoms with Crippen LogP contribution in [0.4, 0.5) is 0 Å². The van der Waals surface area contributed by atoms with Gasteiger partial charge in [-0.3, -0.25) is 4.79 Å². The zero-order valence-corrected chi connectivity index (χ0v) is 17.5. The van der Waals surface area contributed by atoms with Crippen molar-refractivity contribution in [1.82, 2.24) is 0 Å². The van der Waals surface area contributed by atoms with Gasteiger partial charge in [0.05, 0.1) is 15.8 Å². The van der Waals surface area contributed by atoms with Gasteiger partial charge in [0.25, 0.3) is 0 Å². The molecule has 0 amide bonds. The summed E-state index contributed by atoms with van der Waals surface area (Å²) in [6.45, 7) is 13.2. The molecule has 1 unspecified atom stereocenters. The summed E-state index contributed by atoms with van der Waals surface area (Å²) < 4.78 is 22.4. The van der Waals surface area contributed by atoms with Gasteiger partial charge < -0.3 is 4.42 Å². The molecule has 4 nitrogen and oxygen atoms in total. The third-order valence-electron chi connectivity index (χ3n) is 3.73. The lowest BCUT2D eigenvalue weighted by atomic mass is 10.0. The summed E-state index contributed by atoms with van der Waals surface area (Å²) >= 11 is 1.51. The molecule has 0 bridgehead atoms. The van der Waals surface area contributed by atoms with Gasteiger partial charge in [0.2, 0.25) is 0 Å². The third-order valence-corrected chi connectivity index (χ3v) is 6.16. The first-order chi connectivity index (χ1) is 11.6. The SMILES string of the molecule is CCSc1oc2c(/C(C)=N\S(=O)C(C)(C)C)cc(C)cc2c(=O)c1C. The summed E-state index contributed by atoms with van der Waals surface area (Å²) in [5.41, 5.74) is 3.41. The highest BCUT2D eigenvalue weighted by Crippen LogP contribution is 2.28. The monoisotopic (exact) mass is 379 g/mol. The molecule has 0 aliphatic heterocycles. The molecule has 136 valence electrons. The van der Waals surface area contributed by atoms with Gasteiger partial charge in [0.1, 0.15) is 16.6 Å². The molecular formula is C19H25NO3S2. The Morgan fingerprint density at radius 2 is 1.92 bits per heavy atom. The highest BCUT2D eigenvalue weighted by Gasteiger charge is 2.21. The van der Waals surface area contributed by atoms with Crippen LogP contribution < -0.4 is 5.43 Å². The normalized spacial score (nSPS) is 14.1. The van der Waals surface area contributed by atoms with E-state index < -0.39 is 15.7 Å². The molecule has 2 rings (SSSR count). The lowest BCUT2D eigenvalue weighted by Gasteiger charge is -2.15. The van der Waals surface area contributed by atoms with Gasteiger partial charge in [-0.05, 0) is 65.0 Å². The van der Waals surface area contributed by atoms with Crippen LogP contribution in [0, 0.1) is 13.8 Å². The Morgan fingerprint density at radius 3 is 2.48 bits per heavy atom. The van der Waals surface area contributed by atoms with Crippen LogP contribution in [0.25, 0.3) is 11.0 Å². The molecule has 1 aromatic carbocycles. The first kappa shape index (κ1) is 19.9. The molecule has 0 N–H and O–H groups in total.